The predicted octanol–water partition coefficient (Wildman–Crippen LogP) is 2.37. The molecule has 0 aliphatic rings. The first-order valence-corrected chi connectivity index (χ1v) is 7.09. The molecule has 0 fully saturated rings. The number of para-hydroxylation sites is 2. The van der Waals surface area contributed by atoms with Gasteiger partial charge in [0.15, 0.2) is 0 Å². The van der Waals surface area contributed by atoms with Crippen LogP contribution in [0.25, 0.3) is 11.0 Å². The van der Waals surface area contributed by atoms with Crippen LogP contribution in [0.2, 0.25) is 0 Å². The summed E-state index contributed by atoms with van der Waals surface area (Å²) in [5, 5.41) is 2.94. The number of hydrogen-bond acceptors (Lipinski definition) is 2. The SMILES string of the molecule is C#CCn1c(CCNC(=O)C(C)(C)C)nc2ccccc21. The zero-order chi connectivity index (χ0) is 15.5. The fourth-order valence-electron chi connectivity index (χ4n) is 2.14. The maximum Gasteiger partial charge on any atom is 0.225 e. The molecule has 0 aliphatic heterocycles. The summed E-state index contributed by atoms with van der Waals surface area (Å²) < 4.78 is 2.03. The summed E-state index contributed by atoms with van der Waals surface area (Å²) in [6.07, 6.45) is 6.11. The Morgan fingerprint density at radius 2 is 2.10 bits per heavy atom. The molecule has 0 saturated carbocycles. The Kier molecular flexibility index (Phi) is 4.32. The predicted molar refractivity (Wildman–Crippen MR) is 84.7 cm³/mol. The number of hydrogen-bond donors (Lipinski definition) is 1. The number of amides is 1. The number of fused-ring (bicyclic) bond motifs is 1. The van der Waals surface area contributed by atoms with E-state index in [1.165, 1.54) is 0 Å². The van der Waals surface area contributed by atoms with Gasteiger partial charge < -0.3 is 9.88 Å². The number of carbonyl (C=O) groups is 1. The van der Waals surface area contributed by atoms with Crippen molar-refractivity contribution in [2.24, 2.45) is 5.41 Å². The van der Waals surface area contributed by atoms with Crippen molar-refractivity contribution < 1.29 is 4.79 Å². The summed E-state index contributed by atoms with van der Waals surface area (Å²) in [6, 6.07) is 7.92. The summed E-state index contributed by atoms with van der Waals surface area (Å²) in [6.45, 7) is 6.74. The van der Waals surface area contributed by atoms with Crippen molar-refractivity contribution in [1.29, 1.82) is 0 Å². The van der Waals surface area contributed by atoms with Crippen molar-refractivity contribution in [2.75, 3.05) is 6.54 Å². The van der Waals surface area contributed by atoms with Crippen molar-refractivity contribution in [2.45, 2.75) is 33.7 Å². The first kappa shape index (κ1) is 15.1. The smallest absolute Gasteiger partial charge is 0.225 e. The van der Waals surface area contributed by atoms with E-state index in [2.05, 4.69) is 16.2 Å². The highest BCUT2D eigenvalue weighted by Crippen LogP contribution is 2.16. The number of benzene rings is 1. The average molecular weight is 283 g/mol. The van der Waals surface area contributed by atoms with E-state index in [0.717, 1.165) is 16.9 Å². The summed E-state index contributed by atoms with van der Waals surface area (Å²) in [5.41, 5.74) is 1.59. The molecule has 4 heteroatoms. The Balaban J connectivity index is 2.13. The molecule has 0 radical (unpaired) electrons. The van der Waals surface area contributed by atoms with E-state index in [1.54, 1.807) is 0 Å². The van der Waals surface area contributed by atoms with Gasteiger partial charge in [0.05, 0.1) is 17.6 Å². The van der Waals surface area contributed by atoms with E-state index < -0.39 is 0 Å². The molecule has 1 aromatic heterocycles. The summed E-state index contributed by atoms with van der Waals surface area (Å²) in [7, 11) is 0. The summed E-state index contributed by atoms with van der Waals surface area (Å²) in [4.78, 5) is 16.5. The van der Waals surface area contributed by atoms with Crippen molar-refractivity contribution in [3.63, 3.8) is 0 Å². The molecule has 0 aliphatic carbocycles. The van der Waals surface area contributed by atoms with Gasteiger partial charge in [-0.1, -0.05) is 38.8 Å². The minimum atomic E-state index is -0.376. The second-order valence-electron chi connectivity index (χ2n) is 6.06. The molecule has 2 rings (SSSR count). The second kappa shape index (κ2) is 6.01. The maximum atomic E-state index is 11.9. The molecule has 4 nitrogen and oxygen atoms in total. The third kappa shape index (κ3) is 3.43. The van der Waals surface area contributed by atoms with Crippen LogP contribution in [0.4, 0.5) is 0 Å². The van der Waals surface area contributed by atoms with Crippen molar-refractivity contribution in [1.82, 2.24) is 14.9 Å². The largest absolute Gasteiger partial charge is 0.355 e. The van der Waals surface area contributed by atoms with Crippen molar-refractivity contribution in [3.8, 4) is 12.3 Å². The van der Waals surface area contributed by atoms with Crippen LogP contribution in [-0.2, 0) is 17.8 Å². The van der Waals surface area contributed by atoms with Gasteiger partial charge in [-0.2, -0.15) is 0 Å². The number of terminal acetylenes is 1. The van der Waals surface area contributed by atoms with E-state index >= 15 is 0 Å². The maximum absolute atomic E-state index is 11.9. The van der Waals surface area contributed by atoms with Gasteiger partial charge in [-0.15, -0.1) is 6.42 Å². The van der Waals surface area contributed by atoms with Crippen molar-refractivity contribution >= 4 is 16.9 Å². The molecule has 1 aromatic carbocycles. The fourth-order valence-corrected chi connectivity index (χ4v) is 2.14. The van der Waals surface area contributed by atoms with Gasteiger partial charge in [0, 0.05) is 18.4 Å². The van der Waals surface area contributed by atoms with Gasteiger partial charge in [-0.3, -0.25) is 4.79 Å². The highest BCUT2D eigenvalue weighted by molar-refractivity contribution is 5.81. The van der Waals surface area contributed by atoms with E-state index in [0.29, 0.717) is 19.5 Å². The van der Waals surface area contributed by atoms with Crippen LogP contribution in [0.1, 0.15) is 26.6 Å². The lowest BCUT2D eigenvalue weighted by Gasteiger charge is -2.17. The molecule has 0 atom stereocenters. The van der Waals surface area contributed by atoms with Crippen LogP contribution in [-0.4, -0.2) is 22.0 Å². The molecular formula is C17H21N3O. The Morgan fingerprint density at radius 1 is 1.38 bits per heavy atom. The number of carbonyl (C=O) groups excluding carboxylic acids is 1. The Hall–Kier alpha value is -2.28. The van der Waals surface area contributed by atoms with Crippen LogP contribution in [0.15, 0.2) is 24.3 Å². The van der Waals surface area contributed by atoms with Crippen LogP contribution in [0.5, 0.6) is 0 Å². The fraction of sp³-hybridized carbons (Fsp3) is 0.412. The van der Waals surface area contributed by atoms with Crippen molar-refractivity contribution in [3.05, 3.63) is 30.1 Å². The molecule has 21 heavy (non-hydrogen) atoms. The molecular weight excluding hydrogens is 262 g/mol. The molecule has 2 aromatic rings. The van der Waals surface area contributed by atoms with Gasteiger partial charge in [-0.05, 0) is 12.1 Å². The van der Waals surface area contributed by atoms with E-state index in [4.69, 9.17) is 6.42 Å². The lowest BCUT2D eigenvalue weighted by Crippen LogP contribution is -2.36. The zero-order valence-corrected chi connectivity index (χ0v) is 12.8. The minimum absolute atomic E-state index is 0.0436. The first-order valence-electron chi connectivity index (χ1n) is 7.09. The molecule has 1 heterocycles. The second-order valence-corrected chi connectivity index (χ2v) is 6.06. The van der Waals surface area contributed by atoms with Crippen LogP contribution in [0.3, 0.4) is 0 Å². The number of nitrogens with one attached hydrogen (secondary N) is 1. The molecule has 0 bridgehead atoms. The highest BCUT2D eigenvalue weighted by atomic mass is 16.2. The van der Waals surface area contributed by atoms with Gasteiger partial charge in [0.2, 0.25) is 5.91 Å². The molecule has 0 saturated heterocycles. The lowest BCUT2D eigenvalue weighted by molar-refractivity contribution is -0.128. The zero-order valence-electron chi connectivity index (χ0n) is 12.8. The molecule has 1 N–H and O–H groups in total. The van der Waals surface area contributed by atoms with Gasteiger partial charge in [0.25, 0.3) is 0 Å². The standard InChI is InChI=1S/C17H21N3O/c1-5-12-20-14-9-7-6-8-13(14)19-15(20)10-11-18-16(21)17(2,3)4/h1,6-9H,10-12H2,2-4H3,(H,18,21). The van der Waals surface area contributed by atoms with E-state index in [-0.39, 0.29) is 11.3 Å². The minimum Gasteiger partial charge on any atom is -0.355 e. The highest BCUT2D eigenvalue weighted by Gasteiger charge is 2.20. The van der Waals surface area contributed by atoms with Gasteiger partial charge >= 0.3 is 0 Å². The quantitative estimate of drug-likeness (QED) is 0.876. The number of imidazole rings is 1. The molecule has 110 valence electrons. The Bertz CT molecular complexity index is 686. The Morgan fingerprint density at radius 3 is 2.76 bits per heavy atom. The number of rotatable bonds is 4. The molecule has 0 unspecified atom stereocenters. The third-order valence-electron chi connectivity index (χ3n) is 3.30. The lowest BCUT2D eigenvalue weighted by atomic mass is 9.96. The van der Waals surface area contributed by atoms with Gasteiger partial charge in [0.1, 0.15) is 5.82 Å². The topological polar surface area (TPSA) is 46.9 Å². The van der Waals surface area contributed by atoms with Crippen LogP contribution in [0, 0.1) is 17.8 Å². The van der Waals surface area contributed by atoms with E-state index in [1.807, 2.05) is 49.6 Å². The summed E-state index contributed by atoms with van der Waals surface area (Å²) >= 11 is 0. The third-order valence-corrected chi connectivity index (χ3v) is 3.30. The normalized spacial score (nSPS) is 11.3. The van der Waals surface area contributed by atoms with Crippen LogP contribution >= 0.6 is 0 Å². The number of nitrogens with zero attached hydrogens (tertiary/aromatic N) is 2. The van der Waals surface area contributed by atoms with Gasteiger partial charge in [-0.25, -0.2) is 4.98 Å². The monoisotopic (exact) mass is 283 g/mol. The van der Waals surface area contributed by atoms with E-state index in [9.17, 15) is 4.79 Å². The first-order chi connectivity index (χ1) is 9.93. The molecule has 0 spiro atoms. The van der Waals surface area contributed by atoms with Crippen LogP contribution < -0.4 is 5.32 Å². The summed E-state index contributed by atoms with van der Waals surface area (Å²) in [5.74, 6) is 3.61. The Labute approximate surface area is 125 Å². The average Bonchev–Trinajstić information content (AvgIpc) is 2.76. The number of aromatic nitrogens is 2. The molecule has 1 amide bonds.